The van der Waals surface area contributed by atoms with Crippen LogP contribution in [0.5, 0.6) is 0 Å². The van der Waals surface area contributed by atoms with Crippen molar-refractivity contribution < 1.29 is 13.2 Å². The van der Waals surface area contributed by atoms with Gasteiger partial charge in [0.25, 0.3) is 10.0 Å². The van der Waals surface area contributed by atoms with E-state index < -0.39 is 10.0 Å². The molecule has 0 aliphatic carbocycles. The van der Waals surface area contributed by atoms with Gasteiger partial charge in [0.1, 0.15) is 5.65 Å². The number of hydrogen-bond donors (Lipinski definition) is 2. The Kier molecular flexibility index (Phi) is 5.03. The summed E-state index contributed by atoms with van der Waals surface area (Å²) in [4.78, 5) is 20.8. The maximum absolute atomic E-state index is 12.3. The van der Waals surface area contributed by atoms with Crippen molar-refractivity contribution in [2.75, 3.05) is 10.0 Å². The molecule has 0 radical (unpaired) electrons. The average Bonchev–Trinajstić information content (AvgIpc) is 3.30. The van der Waals surface area contributed by atoms with E-state index >= 15 is 0 Å². The number of thiazole rings is 1. The first-order chi connectivity index (χ1) is 13.9. The van der Waals surface area contributed by atoms with Crippen LogP contribution < -0.4 is 10.0 Å². The zero-order valence-electron chi connectivity index (χ0n) is 15.4. The highest BCUT2D eigenvalue weighted by Crippen LogP contribution is 2.19. The molecule has 4 rings (SSSR count). The Morgan fingerprint density at radius 2 is 2.00 bits per heavy atom. The molecule has 10 heteroatoms. The van der Waals surface area contributed by atoms with Gasteiger partial charge in [0.15, 0.2) is 5.13 Å². The van der Waals surface area contributed by atoms with Crippen LogP contribution in [-0.4, -0.2) is 28.7 Å². The van der Waals surface area contributed by atoms with E-state index in [0.717, 1.165) is 11.2 Å². The van der Waals surface area contributed by atoms with E-state index in [1.165, 1.54) is 29.7 Å². The fraction of sp³-hybridized carbons (Fsp3) is 0.105. The molecule has 0 aliphatic rings. The molecular weight excluding hydrogens is 410 g/mol. The third-order valence-electron chi connectivity index (χ3n) is 4.11. The van der Waals surface area contributed by atoms with Crippen molar-refractivity contribution in [2.45, 2.75) is 18.2 Å². The van der Waals surface area contributed by atoms with E-state index in [4.69, 9.17) is 0 Å². The number of imidazole rings is 1. The molecule has 1 aromatic carbocycles. The molecule has 0 fully saturated rings. The Labute approximate surface area is 171 Å². The van der Waals surface area contributed by atoms with Gasteiger partial charge in [0.2, 0.25) is 5.91 Å². The number of sulfonamides is 1. The van der Waals surface area contributed by atoms with Crippen molar-refractivity contribution in [3.8, 4) is 0 Å². The number of carbonyl (C=O) groups is 1. The molecule has 3 heterocycles. The van der Waals surface area contributed by atoms with Crippen LogP contribution in [0.25, 0.3) is 5.65 Å². The van der Waals surface area contributed by atoms with Crippen LogP contribution in [0.4, 0.5) is 10.8 Å². The summed E-state index contributed by atoms with van der Waals surface area (Å²) in [6.07, 6.45) is 5.35. The highest BCUT2D eigenvalue weighted by Gasteiger charge is 2.16. The molecule has 0 spiro atoms. The molecule has 0 bridgehead atoms. The lowest BCUT2D eigenvalue weighted by atomic mass is 10.3. The number of carbonyl (C=O) groups excluding carboxylic acids is 1. The van der Waals surface area contributed by atoms with Gasteiger partial charge in [-0.25, -0.2) is 18.4 Å². The zero-order chi connectivity index (χ0) is 20.4. The number of hydrogen-bond acceptors (Lipinski definition) is 6. The number of amides is 1. The fourth-order valence-corrected chi connectivity index (χ4v) is 4.54. The molecule has 3 aromatic heterocycles. The third kappa shape index (κ3) is 4.44. The van der Waals surface area contributed by atoms with Gasteiger partial charge >= 0.3 is 0 Å². The van der Waals surface area contributed by atoms with Crippen LogP contribution in [-0.2, 0) is 21.2 Å². The average molecular weight is 428 g/mol. The predicted octanol–water partition coefficient (Wildman–Crippen LogP) is 3.08. The first-order valence-electron chi connectivity index (χ1n) is 8.65. The Morgan fingerprint density at radius 3 is 2.72 bits per heavy atom. The normalized spacial score (nSPS) is 11.5. The Morgan fingerprint density at radius 1 is 1.21 bits per heavy atom. The van der Waals surface area contributed by atoms with Gasteiger partial charge in [0, 0.05) is 29.7 Å². The van der Waals surface area contributed by atoms with Gasteiger partial charge in [-0.3, -0.25) is 9.52 Å². The van der Waals surface area contributed by atoms with Crippen LogP contribution >= 0.6 is 11.3 Å². The molecule has 0 aliphatic heterocycles. The molecule has 29 heavy (non-hydrogen) atoms. The summed E-state index contributed by atoms with van der Waals surface area (Å²) in [7, 11) is -3.72. The van der Waals surface area contributed by atoms with Gasteiger partial charge in [0.05, 0.1) is 17.0 Å². The maximum Gasteiger partial charge on any atom is 0.263 e. The summed E-state index contributed by atoms with van der Waals surface area (Å²) in [5, 5.41) is 4.73. The number of rotatable bonds is 6. The molecule has 0 saturated heterocycles. The lowest BCUT2D eigenvalue weighted by molar-refractivity contribution is -0.115. The molecule has 1 amide bonds. The number of aryl methyl sites for hydroxylation is 1. The summed E-state index contributed by atoms with van der Waals surface area (Å²) in [5.74, 6) is -0.235. The van der Waals surface area contributed by atoms with E-state index in [2.05, 4.69) is 20.0 Å². The lowest BCUT2D eigenvalue weighted by Gasteiger charge is -2.07. The van der Waals surface area contributed by atoms with Crippen LogP contribution in [0.2, 0.25) is 0 Å². The summed E-state index contributed by atoms with van der Waals surface area (Å²) in [6.45, 7) is 1.98. The van der Waals surface area contributed by atoms with Gasteiger partial charge < -0.3 is 9.72 Å². The second kappa shape index (κ2) is 7.64. The maximum atomic E-state index is 12.3. The van der Waals surface area contributed by atoms with E-state index in [1.807, 2.05) is 35.9 Å². The van der Waals surface area contributed by atoms with Crippen molar-refractivity contribution in [1.29, 1.82) is 0 Å². The van der Waals surface area contributed by atoms with Crippen molar-refractivity contribution in [3.05, 3.63) is 71.6 Å². The molecule has 2 N–H and O–H groups in total. The van der Waals surface area contributed by atoms with Gasteiger partial charge in [-0.05, 0) is 48.9 Å². The Bertz CT molecular complexity index is 1260. The van der Waals surface area contributed by atoms with Crippen LogP contribution in [0.3, 0.4) is 0 Å². The number of pyridine rings is 1. The van der Waals surface area contributed by atoms with Crippen molar-refractivity contribution in [1.82, 2.24) is 14.4 Å². The monoisotopic (exact) mass is 427 g/mol. The van der Waals surface area contributed by atoms with Gasteiger partial charge in [-0.1, -0.05) is 0 Å². The van der Waals surface area contributed by atoms with E-state index in [0.29, 0.717) is 16.5 Å². The number of benzene rings is 1. The Hall–Kier alpha value is -3.24. The summed E-state index contributed by atoms with van der Waals surface area (Å²) in [6, 6.07) is 9.86. The topological polar surface area (TPSA) is 105 Å². The van der Waals surface area contributed by atoms with Gasteiger partial charge in [-0.2, -0.15) is 0 Å². The smallest absolute Gasteiger partial charge is 0.263 e. The standard InChI is InChI=1S/C19H17N5O3S2/c1-13-6-8-24-12-15(21-17(24)10-13)11-18(25)22-14-2-4-16(5-3-14)29(26,27)23-19-20-7-9-28-19/h2-10,12H,11H2,1H3,(H,20,23)(H,22,25). The summed E-state index contributed by atoms with van der Waals surface area (Å²) in [5.41, 5.74) is 3.04. The highest BCUT2D eigenvalue weighted by atomic mass is 32.2. The summed E-state index contributed by atoms with van der Waals surface area (Å²) < 4.78 is 29.0. The van der Waals surface area contributed by atoms with E-state index in [9.17, 15) is 13.2 Å². The van der Waals surface area contributed by atoms with Crippen LogP contribution in [0, 0.1) is 6.92 Å². The molecular formula is C19H17N5O3S2. The lowest BCUT2D eigenvalue weighted by Crippen LogP contribution is -2.15. The number of fused-ring (bicyclic) bond motifs is 1. The minimum absolute atomic E-state index is 0.0846. The number of nitrogens with zero attached hydrogens (tertiary/aromatic N) is 3. The molecule has 0 atom stereocenters. The molecule has 4 aromatic rings. The number of nitrogens with one attached hydrogen (secondary N) is 2. The van der Waals surface area contributed by atoms with E-state index in [1.54, 1.807) is 17.5 Å². The third-order valence-corrected chi connectivity index (χ3v) is 6.28. The highest BCUT2D eigenvalue weighted by molar-refractivity contribution is 7.93. The molecule has 0 saturated carbocycles. The first-order valence-corrected chi connectivity index (χ1v) is 11.0. The van der Waals surface area contributed by atoms with E-state index in [-0.39, 0.29) is 17.2 Å². The second-order valence-corrected chi connectivity index (χ2v) is 8.97. The molecule has 0 unspecified atom stereocenters. The quantitative estimate of drug-likeness (QED) is 0.492. The number of anilines is 2. The summed E-state index contributed by atoms with van der Waals surface area (Å²) >= 11 is 1.19. The van der Waals surface area contributed by atoms with Crippen LogP contribution in [0.1, 0.15) is 11.3 Å². The van der Waals surface area contributed by atoms with Crippen molar-refractivity contribution in [2.24, 2.45) is 0 Å². The first kappa shape index (κ1) is 19.1. The SMILES string of the molecule is Cc1ccn2cc(CC(=O)Nc3ccc(S(=O)(=O)Nc4nccs4)cc3)nc2c1. The zero-order valence-corrected chi connectivity index (χ0v) is 17.0. The minimum atomic E-state index is -3.72. The molecule has 148 valence electrons. The predicted molar refractivity (Wildman–Crippen MR) is 112 cm³/mol. The van der Waals surface area contributed by atoms with Crippen molar-refractivity contribution >= 4 is 43.7 Å². The molecule has 8 nitrogen and oxygen atoms in total. The van der Waals surface area contributed by atoms with Crippen molar-refractivity contribution in [3.63, 3.8) is 0 Å². The number of aromatic nitrogens is 3. The van der Waals surface area contributed by atoms with Crippen LogP contribution in [0.15, 0.2) is 65.3 Å². The fourth-order valence-electron chi connectivity index (χ4n) is 2.76. The second-order valence-electron chi connectivity index (χ2n) is 6.39. The largest absolute Gasteiger partial charge is 0.326 e. The Balaban J connectivity index is 1.41. The van der Waals surface area contributed by atoms with Gasteiger partial charge in [-0.15, -0.1) is 11.3 Å². The minimum Gasteiger partial charge on any atom is -0.326 e.